The fraction of sp³-hybridized carbons (Fsp3) is 0.389. The number of ether oxygens (including phenoxy) is 1. The number of aromatic nitrogens is 1. The predicted molar refractivity (Wildman–Crippen MR) is 84.4 cm³/mol. The summed E-state index contributed by atoms with van der Waals surface area (Å²) in [5.41, 5.74) is 1.15. The lowest BCUT2D eigenvalue weighted by molar-refractivity contribution is 0.101. The van der Waals surface area contributed by atoms with Gasteiger partial charge in [0.2, 0.25) is 0 Å². The molecule has 2 aromatic rings. The van der Waals surface area contributed by atoms with E-state index >= 15 is 0 Å². The molecule has 3 nitrogen and oxygen atoms in total. The van der Waals surface area contributed by atoms with Crippen molar-refractivity contribution in [3.05, 3.63) is 60.2 Å². The van der Waals surface area contributed by atoms with Crippen LogP contribution in [0.4, 0.5) is 4.39 Å². The number of halogens is 1. The summed E-state index contributed by atoms with van der Waals surface area (Å²) >= 11 is 0. The first-order valence-corrected chi connectivity index (χ1v) is 7.84. The number of rotatable bonds is 5. The van der Waals surface area contributed by atoms with Crippen LogP contribution in [0.25, 0.3) is 0 Å². The Balaban J connectivity index is 1.41. The third-order valence-electron chi connectivity index (χ3n) is 4.06. The van der Waals surface area contributed by atoms with Crippen molar-refractivity contribution in [1.82, 2.24) is 9.88 Å². The van der Waals surface area contributed by atoms with Crippen LogP contribution in [0.3, 0.4) is 0 Å². The highest BCUT2D eigenvalue weighted by Crippen LogP contribution is 2.19. The smallest absolute Gasteiger partial charge is 0.123 e. The second kappa shape index (κ2) is 7.36. The van der Waals surface area contributed by atoms with Crippen molar-refractivity contribution >= 4 is 0 Å². The van der Waals surface area contributed by atoms with Gasteiger partial charge in [-0.3, -0.25) is 4.98 Å². The summed E-state index contributed by atoms with van der Waals surface area (Å²) in [5.74, 6) is 0.532. The van der Waals surface area contributed by atoms with Crippen molar-refractivity contribution in [3.63, 3.8) is 0 Å². The third-order valence-corrected chi connectivity index (χ3v) is 4.06. The van der Waals surface area contributed by atoms with E-state index in [2.05, 4.69) is 16.0 Å². The summed E-state index contributed by atoms with van der Waals surface area (Å²) < 4.78 is 18.8. The molecule has 2 heterocycles. The zero-order valence-electron chi connectivity index (χ0n) is 12.6. The molecule has 0 atom stereocenters. The van der Waals surface area contributed by atoms with Crippen LogP contribution in [0.1, 0.15) is 18.5 Å². The minimum atomic E-state index is -0.225. The van der Waals surface area contributed by atoms with Crippen molar-refractivity contribution in [3.8, 4) is 5.75 Å². The van der Waals surface area contributed by atoms with Crippen LogP contribution in [-0.2, 0) is 6.42 Å². The lowest BCUT2D eigenvalue weighted by atomic mass is 10.1. The van der Waals surface area contributed by atoms with Crippen LogP contribution >= 0.6 is 0 Å². The number of piperidine rings is 1. The molecule has 1 aliphatic rings. The van der Waals surface area contributed by atoms with Gasteiger partial charge in [0.1, 0.15) is 17.7 Å². The fourth-order valence-electron chi connectivity index (χ4n) is 2.78. The number of hydrogen-bond donors (Lipinski definition) is 0. The number of nitrogens with zero attached hydrogens (tertiary/aromatic N) is 2. The summed E-state index contributed by atoms with van der Waals surface area (Å²) in [5, 5.41) is 0. The van der Waals surface area contributed by atoms with E-state index in [0.29, 0.717) is 0 Å². The van der Waals surface area contributed by atoms with E-state index in [1.807, 2.05) is 18.3 Å². The summed E-state index contributed by atoms with van der Waals surface area (Å²) in [6.45, 7) is 3.12. The van der Waals surface area contributed by atoms with E-state index in [1.54, 1.807) is 12.1 Å². The maximum Gasteiger partial charge on any atom is 0.123 e. The Bertz CT molecular complexity index is 565. The zero-order valence-corrected chi connectivity index (χ0v) is 12.6. The highest BCUT2D eigenvalue weighted by atomic mass is 19.1. The molecule has 3 rings (SSSR count). The Hall–Kier alpha value is -1.94. The second-order valence-corrected chi connectivity index (χ2v) is 5.68. The van der Waals surface area contributed by atoms with Gasteiger partial charge in [0.25, 0.3) is 0 Å². The molecule has 1 saturated heterocycles. The van der Waals surface area contributed by atoms with Gasteiger partial charge >= 0.3 is 0 Å². The van der Waals surface area contributed by atoms with Crippen LogP contribution in [0, 0.1) is 5.82 Å². The standard InChI is InChI=1S/C18H21FN2O/c19-15-4-6-17(7-5-15)22-18-9-13-21(14-10-18)12-8-16-3-1-2-11-20-16/h1-7,11,18H,8-10,12-14H2. The minimum absolute atomic E-state index is 0.225. The average molecular weight is 300 g/mol. The highest BCUT2D eigenvalue weighted by Gasteiger charge is 2.20. The van der Waals surface area contributed by atoms with Gasteiger partial charge in [0, 0.05) is 37.9 Å². The Morgan fingerprint density at radius 3 is 2.55 bits per heavy atom. The molecule has 0 bridgehead atoms. The molecule has 22 heavy (non-hydrogen) atoms. The van der Waals surface area contributed by atoms with Gasteiger partial charge in [0.15, 0.2) is 0 Å². The number of benzene rings is 1. The number of pyridine rings is 1. The molecule has 0 spiro atoms. The lowest BCUT2D eigenvalue weighted by Crippen LogP contribution is -2.39. The molecule has 4 heteroatoms. The predicted octanol–water partition coefficient (Wildman–Crippen LogP) is 3.31. The van der Waals surface area contributed by atoms with Gasteiger partial charge in [-0.1, -0.05) is 6.07 Å². The highest BCUT2D eigenvalue weighted by molar-refractivity contribution is 5.22. The van der Waals surface area contributed by atoms with Crippen LogP contribution in [0.2, 0.25) is 0 Å². The molecule has 0 saturated carbocycles. The Morgan fingerprint density at radius 2 is 1.86 bits per heavy atom. The van der Waals surface area contributed by atoms with Gasteiger partial charge in [-0.05, 0) is 49.2 Å². The molecule has 1 aromatic carbocycles. The normalized spacial score (nSPS) is 16.6. The van der Waals surface area contributed by atoms with Gasteiger partial charge < -0.3 is 9.64 Å². The quantitative estimate of drug-likeness (QED) is 0.847. The largest absolute Gasteiger partial charge is 0.490 e. The average Bonchev–Trinajstić information content (AvgIpc) is 2.57. The molecule has 0 radical (unpaired) electrons. The van der Waals surface area contributed by atoms with Gasteiger partial charge in [-0.15, -0.1) is 0 Å². The monoisotopic (exact) mass is 300 g/mol. The molecule has 0 unspecified atom stereocenters. The first-order chi connectivity index (χ1) is 10.8. The van der Waals surface area contributed by atoms with Gasteiger partial charge in [0.05, 0.1) is 0 Å². The minimum Gasteiger partial charge on any atom is -0.490 e. The number of hydrogen-bond acceptors (Lipinski definition) is 3. The SMILES string of the molecule is Fc1ccc(OC2CCN(CCc3ccccn3)CC2)cc1. The Kier molecular flexibility index (Phi) is 5.01. The summed E-state index contributed by atoms with van der Waals surface area (Å²) in [7, 11) is 0. The van der Waals surface area contributed by atoms with Gasteiger partial charge in [-0.2, -0.15) is 0 Å². The maximum absolute atomic E-state index is 12.9. The molecular formula is C18H21FN2O. The van der Waals surface area contributed by atoms with E-state index < -0.39 is 0 Å². The molecule has 1 fully saturated rings. The third kappa shape index (κ3) is 4.28. The topological polar surface area (TPSA) is 25.4 Å². The Labute approximate surface area is 130 Å². The Morgan fingerprint density at radius 1 is 1.09 bits per heavy atom. The van der Waals surface area contributed by atoms with Crippen molar-refractivity contribution < 1.29 is 9.13 Å². The van der Waals surface area contributed by atoms with Crippen molar-refractivity contribution in [1.29, 1.82) is 0 Å². The molecule has 1 aliphatic heterocycles. The zero-order chi connectivity index (χ0) is 15.2. The van der Waals surface area contributed by atoms with Gasteiger partial charge in [-0.25, -0.2) is 4.39 Å². The van der Waals surface area contributed by atoms with Crippen molar-refractivity contribution in [2.24, 2.45) is 0 Å². The summed E-state index contributed by atoms with van der Waals surface area (Å²) in [6, 6.07) is 12.3. The molecular weight excluding hydrogens is 279 g/mol. The van der Waals surface area contributed by atoms with Crippen LogP contribution in [0.15, 0.2) is 48.7 Å². The molecule has 0 aliphatic carbocycles. The molecule has 0 N–H and O–H groups in total. The fourth-order valence-corrected chi connectivity index (χ4v) is 2.78. The van der Waals surface area contributed by atoms with Crippen LogP contribution in [0.5, 0.6) is 5.75 Å². The molecule has 1 aromatic heterocycles. The second-order valence-electron chi connectivity index (χ2n) is 5.68. The van der Waals surface area contributed by atoms with Crippen molar-refractivity contribution in [2.45, 2.75) is 25.4 Å². The first kappa shape index (κ1) is 15.0. The lowest BCUT2D eigenvalue weighted by Gasteiger charge is -2.32. The molecule has 0 amide bonds. The summed E-state index contributed by atoms with van der Waals surface area (Å²) in [4.78, 5) is 6.82. The van der Waals surface area contributed by atoms with E-state index in [9.17, 15) is 4.39 Å². The molecule has 116 valence electrons. The first-order valence-electron chi connectivity index (χ1n) is 7.84. The number of likely N-dealkylation sites (tertiary alicyclic amines) is 1. The maximum atomic E-state index is 12.9. The van der Waals surface area contributed by atoms with E-state index in [4.69, 9.17) is 4.74 Å². The summed E-state index contributed by atoms with van der Waals surface area (Å²) in [6.07, 6.45) is 5.10. The van der Waals surface area contributed by atoms with Crippen LogP contribution in [-0.4, -0.2) is 35.6 Å². The van der Waals surface area contributed by atoms with E-state index in [0.717, 1.165) is 50.3 Å². The van der Waals surface area contributed by atoms with Crippen molar-refractivity contribution in [2.75, 3.05) is 19.6 Å². The van der Waals surface area contributed by atoms with E-state index in [1.165, 1.54) is 12.1 Å². The van der Waals surface area contributed by atoms with E-state index in [-0.39, 0.29) is 11.9 Å². The van der Waals surface area contributed by atoms with Crippen LogP contribution < -0.4 is 4.74 Å².